The van der Waals surface area contributed by atoms with Crippen LogP contribution in [0.2, 0.25) is 0 Å². The van der Waals surface area contributed by atoms with Crippen LogP contribution in [-0.2, 0) is 16.0 Å². The highest BCUT2D eigenvalue weighted by atomic mass is 16.5. The topological polar surface area (TPSA) is 64.6 Å². The predicted molar refractivity (Wildman–Crippen MR) is 123 cm³/mol. The Labute approximate surface area is 187 Å². The fraction of sp³-hybridized carbons (Fsp3) is 0.708. The molecule has 1 N–H and O–H groups in total. The highest BCUT2D eigenvalue weighted by molar-refractivity contribution is 5.80. The van der Waals surface area contributed by atoms with Crippen LogP contribution in [0.15, 0.2) is 23.2 Å². The van der Waals surface area contributed by atoms with Crippen molar-refractivity contribution in [3.05, 3.63) is 23.8 Å². The van der Waals surface area contributed by atoms with Crippen LogP contribution >= 0.6 is 0 Å². The maximum atomic E-state index is 6.16. The van der Waals surface area contributed by atoms with Gasteiger partial charge in [0.15, 0.2) is 17.5 Å². The van der Waals surface area contributed by atoms with Gasteiger partial charge in [0, 0.05) is 26.2 Å². The van der Waals surface area contributed by atoms with E-state index in [1.807, 2.05) is 25.1 Å². The monoisotopic (exact) mass is 433 g/mol. The molecule has 1 unspecified atom stereocenters. The zero-order chi connectivity index (χ0) is 21.9. The van der Waals surface area contributed by atoms with Gasteiger partial charge in [-0.1, -0.05) is 6.07 Å². The highest BCUT2D eigenvalue weighted by Crippen LogP contribution is 2.28. The minimum absolute atomic E-state index is 0.289. The zero-order valence-corrected chi connectivity index (χ0v) is 19.4. The fourth-order valence-corrected chi connectivity index (χ4v) is 4.10. The third kappa shape index (κ3) is 7.28. The van der Waals surface area contributed by atoms with Crippen molar-refractivity contribution in [2.24, 2.45) is 4.99 Å². The lowest BCUT2D eigenvalue weighted by Crippen LogP contribution is -2.47. The third-order valence-electron chi connectivity index (χ3n) is 5.81. The quantitative estimate of drug-likeness (QED) is 0.474. The number of guanidine groups is 1. The van der Waals surface area contributed by atoms with Crippen LogP contribution in [0.5, 0.6) is 11.5 Å². The molecule has 7 nitrogen and oxygen atoms in total. The number of methoxy groups -OCH3 is 1. The summed E-state index contributed by atoms with van der Waals surface area (Å²) in [6.45, 7) is 9.66. The Morgan fingerprint density at radius 3 is 2.68 bits per heavy atom. The molecule has 0 radical (unpaired) electrons. The van der Waals surface area contributed by atoms with E-state index in [2.05, 4.69) is 17.1 Å². The Morgan fingerprint density at radius 2 is 2.00 bits per heavy atom. The van der Waals surface area contributed by atoms with E-state index in [9.17, 15) is 0 Å². The van der Waals surface area contributed by atoms with E-state index in [0.29, 0.717) is 19.3 Å². The van der Waals surface area contributed by atoms with Crippen LogP contribution in [0.3, 0.4) is 0 Å². The second kappa shape index (κ2) is 12.8. The molecular weight excluding hydrogens is 394 g/mol. The van der Waals surface area contributed by atoms with Crippen molar-refractivity contribution in [1.82, 2.24) is 10.2 Å². The molecule has 0 aromatic heterocycles. The minimum Gasteiger partial charge on any atom is -0.493 e. The van der Waals surface area contributed by atoms with Crippen LogP contribution < -0.4 is 14.8 Å². The zero-order valence-electron chi connectivity index (χ0n) is 19.4. The van der Waals surface area contributed by atoms with E-state index < -0.39 is 0 Å². The summed E-state index contributed by atoms with van der Waals surface area (Å²) in [5, 5.41) is 3.44. The average Bonchev–Trinajstić information content (AvgIpc) is 2.82. The van der Waals surface area contributed by atoms with Crippen molar-refractivity contribution in [3.8, 4) is 11.5 Å². The molecule has 0 saturated carbocycles. The van der Waals surface area contributed by atoms with Gasteiger partial charge in [-0.25, -0.2) is 4.99 Å². The first-order valence-electron chi connectivity index (χ1n) is 11.8. The summed E-state index contributed by atoms with van der Waals surface area (Å²) < 4.78 is 23.0. The van der Waals surface area contributed by atoms with Crippen LogP contribution in [0.25, 0.3) is 0 Å². The summed E-state index contributed by atoms with van der Waals surface area (Å²) >= 11 is 0. The molecule has 0 bridgehead atoms. The summed E-state index contributed by atoms with van der Waals surface area (Å²) in [5.74, 6) is 2.48. The van der Waals surface area contributed by atoms with Gasteiger partial charge in [0.1, 0.15) is 0 Å². The summed E-state index contributed by atoms with van der Waals surface area (Å²) in [6, 6.07) is 6.01. The molecule has 2 aliphatic rings. The summed E-state index contributed by atoms with van der Waals surface area (Å²) in [5.41, 5.74) is 1.10. The molecule has 2 saturated heterocycles. The van der Waals surface area contributed by atoms with Crippen LogP contribution in [0, 0.1) is 0 Å². The number of ether oxygens (including phenoxy) is 4. The van der Waals surface area contributed by atoms with Gasteiger partial charge >= 0.3 is 0 Å². The Kier molecular flexibility index (Phi) is 9.75. The van der Waals surface area contributed by atoms with E-state index in [4.69, 9.17) is 23.9 Å². The first-order chi connectivity index (χ1) is 15.2. The van der Waals surface area contributed by atoms with Crippen molar-refractivity contribution in [1.29, 1.82) is 0 Å². The first kappa shape index (κ1) is 23.7. The summed E-state index contributed by atoms with van der Waals surface area (Å²) in [7, 11) is 1.66. The molecule has 2 fully saturated rings. The van der Waals surface area contributed by atoms with Crippen molar-refractivity contribution in [2.75, 3.05) is 46.6 Å². The van der Waals surface area contributed by atoms with Gasteiger partial charge in [0.25, 0.3) is 0 Å². The van der Waals surface area contributed by atoms with Gasteiger partial charge in [0.05, 0.1) is 39.1 Å². The second-order valence-corrected chi connectivity index (χ2v) is 8.10. The second-order valence-electron chi connectivity index (χ2n) is 8.10. The fourth-order valence-electron chi connectivity index (χ4n) is 4.10. The third-order valence-corrected chi connectivity index (χ3v) is 5.81. The molecule has 7 heteroatoms. The molecule has 0 aliphatic carbocycles. The number of nitrogens with one attached hydrogen (secondary N) is 1. The standard InChI is InChI=1S/C24H39N3O4/c1-4-25-24(26-17-19-9-10-22(28-3)23(16-19)29-5-2)27-13-11-20(12-14-27)31-18-21-8-6-7-15-30-21/h9-10,16,20-21H,4-8,11-15,17-18H2,1-3H3,(H,25,26). The maximum absolute atomic E-state index is 6.16. The Morgan fingerprint density at radius 1 is 1.16 bits per heavy atom. The molecule has 0 spiro atoms. The van der Waals surface area contributed by atoms with Crippen molar-refractivity contribution in [3.63, 3.8) is 0 Å². The van der Waals surface area contributed by atoms with Gasteiger partial charge in [-0.3, -0.25) is 0 Å². The molecule has 31 heavy (non-hydrogen) atoms. The molecule has 1 aromatic carbocycles. The lowest BCUT2D eigenvalue weighted by molar-refractivity contribution is -0.0721. The molecule has 2 aliphatic heterocycles. The van der Waals surface area contributed by atoms with E-state index in [1.54, 1.807) is 7.11 Å². The molecular formula is C24H39N3O4. The highest BCUT2D eigenvalue weighted by Gasteiger charge is 2.23. The SMILES string of the molecule is CCNC(=NCc1ccc(OC)c(OCC)c1)N1CCC(OCC2CCCCO2)CC1. The number of rotatable bonds is 9. The smallest absolute Gasteiger partial charge is 0.194 e. The number of likely N-dealkylation sites (tertiary alicyclic amines) is 1. The van der Waals surface area contributed by atoms with Gasteiger partial charge in [-0.2, -0.15) is 0 Å². The number of nitrogens with zero attached hydrogens (tertiary/aromatic N) is 2. The van der Waals surface area contributed by atoms with Gasteiger partial charge in [-0.15, -0.1) is 0 Å². The number of aliphatic imine (C=N–C) groups is 1. The minimum atomic E-state index is 0.289. The number of benzene rings is 1. The number of hydrogen-bond acceptors (Lipinski definition) is 5. The Bertz CT molecular complexity index is 683. The largest absolute Gasteiger partial charge is 0.493 e. The first-order valence-corrected chi connectivity index (χ1v) is 11.8. The maximum Gasteiger partial charge on any atom is 0.194 e. The van der Waals surface area contributed by atoms with Gasteiger partial charge in [0.2, 0.25) is 0 Å². The summed E-state index contributed by atoms with van der Waals surface area (Å²) in [4.78, 5) is 7.22. The van der Waals surface area contributed by atoms with E-state index in [1.165, 1.54) is 12.8 Å². The van der Waals surface area contributed by atoms with Crippen LogP contribution in [0.1, 0.15) is 51.5 Å². The molecule has 1 aromatic rings. The van der Waals surface area contributed by atoms with Crippen molar-refractivity contribution in [2.45, 2.75) is 64.7 Å². The predicted octanol–water partition coefficient (Wildman–Crippen LogP) is 3.61. The molecule has 174 valence electrons. The van der Waals surface area contributed by atoms with E-state index >= 15 is 0 Å². The average molecular weight is 434 g/mol. The normalized spacial score (nSPS) is 20.5. The van der Waals surface area contributed by atoms with Crippen LogP contribution in [0.4, 0.5) is 0 Å². The van der Waals surface area contributed by atoms with E-state index in [0.717, 1.165) is 75.1 Å². The van der Waals surface area contributed by atoms with Gasteiger partial charge in [-0.05, 0) is 63.6 Å². The van der Waals surface area contributed by atoms with Crippen molar-refractivity contribution >= 4 is 5.96 Å². The van der Waals surface area contributed by atoms with Crippen LogP contribution in [-0.4, -0.2) is 69.6 Å². The van der Waals surface area contributed by atoms with Gasteiger partial charge < -0.3 is 29.2 Å². The Hall–Kier alpha value is -1.99. The number of piperidine rings is 1. The number of hydrogen-bond donors (Lipinski definition) is 1. The summed E-state index contributed by atoms with van der Waals surface area (Å²) in [6.07, 6.45) is 6.23. The van der Waals surface area contributed by atoms with Crippen molar-refractivity contribution < 1.29 is 18.9 Å². The van der Waals surface area contributed by atoms with E-state index in [-0.39, 0.29) is 6.10 Å². The lowest BCUT2D eigenvalue weighted by Gasteiger charge is -2.35. The molecule has 0 amide bonds. The molecule has 2 heterocycles. The molecule has 3 rings (SSSR count). The molecule has 1 atom stereocenters. The Balaban J connectivity index is 1.52. The lowest BCUT2D eigenvalue weighted by atomic mass is 10.1.